The first kappa shape index (κ1) is 20.9. The number of hydrogen-bond acceptors (Lipinski definition) is 2. The number of phenols is 2. The van der Waals surface area contributed by atoms with E-state index in [0.29, 0.717) is 11.8 Å². The molecule has 3 atom stereocenters. The largest absolute Gasteiger partial charge is 0.508 e. The first-order valence-corrected chi connectivity index (χ1v) is 9.76. The van der Waals surface area contributed by atoms with Crippen LogP contribution >= 0.6 is 0 Å². The van der Waals surface area contributed by atoms with Gasteiger partial charge in [-0.2, -0.15) is 0 Å². The molecular formula is C22H38O2. The average Bonchev–Trinajstić information content (AvgIpc) is 2.45. The second-order valence-electron chi connectivity index (χ2n) is 8.33. The third-order valence-corrected chi connectivity index (χ3v) is 5.22. The van der Waals surface area contributed by atoms with Gasteiger partial charge in [0.2, 0.25) is 0 Å². The maximum atomic E-state index is 10.4. The molecule has 0 amide bonds. The van der Waals surface area contributed by atoms with Gasteiger partial charge in [0.25, 0.3) is 0 Å². The van der Waals surface area contributed by atoms with Crippen molar-refractivity contribution in [2.24, 2.45) is 17.8 Å². The molecule has 0 fully saturated rings. The van der Waals surface area contributed by atoms with E-state index in [9.17, 15) is 10.2 Å². The molecule has 0 spiro atoms. The summed E-state index contributed by atoms with van der Waals surface area (Å²) in [6.45, 7) is 13.2. The molecular weight excluding hydrogens is 296 g/mol. The van der Waals surface area contributed by atoms with Gasteiger partial charge in [0.1, 0.15) is 11.5 Å². The molecule has 2 N–H and O–H groups in total. The van der Waals surface area contributed by atoms with E-state index in [4.69, 9.17) is 0 Å². The molecule has 0 bridgehead atoms. The Morgan fingerprint density at radius 2 is 1.42 bits per heavy atom. The summed E-state index contributed by atoms with van der Waals surface area (Å²) in [6.07, 6.45) is 7.09. The number of aromatic hydroxyl groups is 2. The van der Waals surface area contributed by atoms with Gasteiger partial charge in [0.05, 0.1) is 0 Å². The zero-order valence-corrected chi connectivity index (χ0v) is 16.6. The lowest BCUT2D eigenvalue weighted by Gasteiger charge is -2.25. The molecule has 2 heteroatoms. The smallest absolute Gasteiger partial charge is 0.123 e. The van der Waals surface area contributed by atoms with Crippen LogP contribution in [0.25, 0.3) is 0 Å². The summed E-state index contributed by atoms with van der Waals surface area (Å²) in [5, 5.41) is 20.8. The van der Waals surface area contributed by atoms with Gasteiger partial charge in [-0.3, -0.25) is 0 Å². The highest BCUT2D eigenvalue weighted by Gasteiger charge is 2.23. The van der Waals surface area contributed by atoms with Crippen LogP contribution in [-0.4, -0.2) is 10.2 Å². The monoisotopic (exact) mass is 334 g/mol. The highest BCUT2D eigenvalue weighted by molar-refractivity contribution is 5.48. The van der Waals surface area contributed by atoms with Gasteiger partial charge in [-0.05, 0) is 61.1 Å². The fourth-order valence-electron chi connectivity index (χ4n) is 3.70. The standard InChI is InChI=1S/C22H38O2/c1-7-16(4)9-8-10-17(5)12-19(11-15(2)3)22-20(23)13-18(6)14-21(22)24/h13-17,19,23-24H,7-12H2,1-6H3. The Bertz CT molecular complexity index is 470. The summed E-state index contributed by atoms with van der Waals surface area (Å²) in [5.41, 5.74) is 1.65. The highest BCUT2D eigenvalue weighted by atomic mass is 16.3. The normalized spacial score (nSPS) is 15.5. The molecule has 3 unspecified atom stereocenters. The summed E-state index contributed by atoms with van der Waals surface area (Å²) in [5.74, 6) is 2.70. The van der Waals surface area contributed by atoms with E-state index < -0.39 is 0 Å². The van der Waals surface area contributed by atoms with Crippen molar-refractivity contribution < 1.29 is 10.2 Å². The van der Waals surface area contributed by atoms with E-state index in [1.54, 1.807) is 12.1 Å². The van der Waals surface area contributed by atoms with Crippen molar-refractivity contribution in [1.29, 1.82) is 0 Å². The molecule has 0 aromatic heterocycles. The predicted molar refractivity (Wildman–Crippen MR) is 104 cm³/mol. The average molecular weight is 335 g/mol. The number of phenolic OH excluding ortho intramolecular Hbond substituents is 2. The van der Waals surface area contributed by atoms with E-state index in [1.807, 2.05) is 6.92 Å². The van der Waals surface area contributed by atoms with Gasteiger partial charge in [-0.25, -0.2) is 0 Å². The number of rotatable bonds is 10. The van der Waals surface area contributed by atoms with Gasteiger partial charge >= 0.3 is 0 Å². The van der Waals surface area contributed by atoms with Gasteiger partial charge in [0.15, 0.2) is 0 Å². The molecule has 0 saturated heterocycles. The Kier molecular flexibility index (Phi) is 8.66. The van der Waals surface area contributed by atoms with Crippen LogP contribution in [0.5, 0.6) is 11.5 Å². The van der Waals surface area contributed by atoms with E-state index in [2.05, 4.69) is 34.6 Å². The quantitative estimate of drug-likeness (QED) is 0.495. The molecule has 0 radical (unpaired) electrons. The van der Waals surface area contributed by atoms with Crippen molar-refractivity contribution in [2.75, 3.05) is 0 Å². The summed E-state index contributed by atoms with van der Waals surface area (Å²) in [7, 11) is 0. The lowest BCUT2D eigenvalue weighted by molar-refractivity contribution is 0.350. The van der Waals surface area contributed by atoms with Crippen molar-refractivity contribution in [2.45, 2.75) is 86.0 Å². The molecule has 1 rings (SSSR count). The zero-order chi connectivity index (χ0) is 18.3. The second kappa shape index (κ2) is 9.96. The van der Waals surface area contributed by atoms with Crippen LogP contribution in [0.4, 0.5) is 0 Å². The van der Waals surface area contributed by atoms with E-state index in [0.717, 1.165) is 29.9 Å². The summed E-state index contributed by atoms with van der Waals surface area (Å²) in [4.78, 5) is 0. The third kappa shape index (κ3) is 6.75. The molecule has 1 aromatic carbocycles. The van der Waals surface area contributed by atoms with Crippen molar-refractivity contribution in [1.82, 2.24) is 0 Å². The van der Waals surface area contributed by atoms with E-state index in [-0.39, 0.29) is 17.4 Å². The highest BCUT2D eigenvalue weighted by Crippen LogP contribution is 2.42. The lowest BCUT2D eigenvalue weighted by atomic mass is 9.81. The Labute approximate surface area is 149 Å². The lowest BCUT2D eigenvalue weighted by Crippen LogP contribution is -2.09. The molecule has 24 heavy (non-hydrogen) atoms. The summed E-state index contributed by atoms with van der Waals surface area (Å²) < 4.78 is 0. The van der Waals surface area contributed by atoms with Crippen LogP contribution in [0.15, 0.2) is 12.1 Å². The van der Waals surface area contributed by atoms with E-state index in [1.165, 1.54) is 25.7 Å². The molecule has 0 heterocycles. The summed E-state index contributed by atoms with van der Waals surface area (Å²) >= 11 is 0. The Morgan fingerprint density at radius 3 is 1.92 bits per heavy atom. The van der Waals surface area contributed by atoms with Crippen LogP contribution in [0.1, 0.15) is 90.2 Å². The Hall–Kier alpha value is -1.18. The second-order valence-corrected chi connectivity index (χ2v) is 8.33. The van der Waals surface area contributed by atoms with Crippen molar-refractivity contribution in [3.8, 4) is 11.5 Å². The van der Waals surface area contributed by atoms with Crippen molar-refractivity contribution in [3.05, 3.63) is 23.3 Å². The Morgan fingerprint density at radius 1 is 0.875 bits per heavy atom. The van der Waals surface area contributed by atoms with Crippen LogP contribution in [-0.2, 0) is 0 Å². The fourth-order valence-corrected chi connectivity index (χ4v) is 3.70. The molecule has 2 nitrogen and oxygen atoms in total. The molecule has 0 aliphatic heterocycles. The van der Waals surface area contributed by atoms with Gasteiger partial charge in [0, 0.05) is 5.56 Å². The minimum Gasteiger partial charge on any atom is -0.508 e. The molecule has 1 aromatic rings. The van der Waals surface area contributed by atoms with Crippen molar-refractivity contribution >= 4 is 0 Å². The topological polar surface area (TPSA) is 40.5 Å². The third-order valence-electron chi connectivity index (χ3n) is 5.22. The van der Waals surface area contributed by atoms with Gasteiger partial charge in [-0.15, -0.1) is 0 Å². The van der Waals surface area contributed by atoms with Crippen molar-refractivity contribution in [3.63, 3.8) is 0 Å². The molecule has 0 aliphatic rings. The maximum absolute atomic E-state index is 10.4. The van der Waals surface area contributed by atoms with Crippen LogP contribution in [0.2, 0.25) is 0 Å². The minimum atomic E-state index is 0.226. The van der Waals surface area contributed by atoms with Crippen LogP contribution in [0, 0.1) is 24.7 Å². The van der Waals surface area contributed by atoms with Gasteiger partial charge < -0.3 is 10.2 Å². The number of aryl methyl sites for hydroxylation is 1. The first-order valence-electron chi connectivity index (χ1n) is 9.76. The predicted octanol–water partition coefficient (Wildman–Crippen LogP) is 6.78. The first-order chi connectivity index (χ1) is 11.2. The zero-order valence-electron chi connectivity index (χ0n) is 16.6. The SMILES string of the molecule is CCC(C)CCCC(C)CC(CC(C)C)c1c(O)cc(C)cc1O. The van der Waals surface area contributed by atoms with Crippen LogP contribution in [0.3, 0.4) is 0 Å². The van der Waals surface area contributed by atoms with Gasteiger partial charge in [-0.1, -0.05) is 60.3 Å². The maximum Gasteiger partial charge on any atom is 0.123 e. The number of hydrogen-bond donors (Lipinski definition) is 2. The fraction of sp³-hybridized carbons (Fsp3) is 0.727. The van der Waals surface area contributed by atoms with E-state index >= 15 is 0 Å². The molecule has 0 aliphatic carbocycles. The Balaban J connectivity index is 2.79. The molecule has 138 valence electrons. The number of benzene rings is 1. The minimum absolute atomic E-state index is 0.226. The summed E-state index contributed by atoms with van der Waals surface area (Å²) in [6, 6.07) is 3.55. The molecule has 0 saturated carbocycles. The van der Waals surface area contributed by atoms with Crippen LogP contribution < -0.4 is 0 Å².